The number of anilines is 2. The zero-order valence-electron chi connectivity index (χ0n) is 11.7. The predicted octanol–water partition coefficient (Wildman–Crippen LogP) is 2.72. The van der Waals surface area contributed by atoms with Gasteiger partial charge in [0.15, 0.2) is 5.65 Å². The molecular formula is C15H14N4O2. The van der Waals surface area contributed by atoms with Gasteiger partial charge in [0.2, 0.25) is 0 Å². The van der Waals surface area contributed by atoms with Crippen molar-refractivity contribution in [2.24, 2.45) is 7.05 Å². The summed E-state index contributed by atoms with van der Waals surface area (Å²) in [6.45, 7) is 1.84. The molecule has 0 radical (unpaired) electrons. The minimum Gasteiger partial charge on any atom is -0.478 e. The van der Waals surface area contributed by atoms with Gasteiger partial charge in [-0.05, 0) is 19.1 Å². The van der Waals surface area contributed by atoms with E-state index in [0.29, 0.717) is 11.3 Å². The Hall–Kier alpha value is -2.89. The molecule has 0 saturated heterocycles. The van der Waals surface area contributed by atoms with Gasteiger partial charge < -0.3 is 10.4 Å². The number of rotatable bonds is 3. The van der Waals surface area contributed by atoms with Gasteiger partial charge in [-0.15, -0.1) is 0 Å². The van der Waals surface area contributed by atoms with Crippen molar-refractivity contribution in [2.75, 3.05) is 5.32 Å². The van der Waals surface area contributed by atoms with Crippen LogP contribution in [0.5, 0.6) is 0 Å². The zero-order valence-corrected chi connectivity index (χ0v) is 11.7. The molecule has 1 aromatic carbocycles. The molecule has 0 aliphatic carbocycles. The van der Waals surface area contributed by atoms with Gasteiger partial charge in [0.1, 0.15) is 5.56 Å². The number of aryl methyl sites for hydroxylation is 2. The second kappa shape index (κ2) is 4.90. The van der Waals surface area contributed by atoms with Crippen LogP contribution in [-0.4, -0.2) is 25.8 Å². The Morgan fingerprint density at radius 2 is 2.00 bits per heavy atom. The van der Waals surface area contributed by atoms with Crippen LogP contribution in [0.4, 0.5) is 11.4 Å². The lowest BCUT2D eigenvalue weighted by Crippen LogP contribution is -2.05. The van der Waals surface area contributed by atoms with Crippen LogP contribution in [0.2, 0.25) is 0 Å². The van der Waals surface area contributed by atoms with E-state index in [9.17, 15) is 9.90 Å². The number of hydrogen-bond donors (Lipinski definition) is 2. The van der Waals surface area contributed by atoms with Gasteiger partial charge in [0, 0.05) is 18.9 Å². The minimum atomic E-state index is -1.02. The fourth-order valence-electron chi connectivity index (χ4n) is 2.37. The predicted molar refractivity (Wildman–Crippen MR) is 79.9 cm³/mol. The lowest BCUT2D eigenvalue weighted by Gasteiger charge is -2.11. The third kappa shape index (κ3) is 2.20. The summed E-state index contributed by atoms with van der Waals surface area (Å²) < 4.78 is 1.65. The average molecular weight is 282 g/mol. The van der Waals surface area contributed by atoms with Crippen LogP contribution in [0, 0.1) is 6.92 Å². The molecule has 0 aliphatic rings. The quantitative estimate of drug-likeness (QED) is 0.772. The molecule has 0 bridgehead atoms. The van der Waals surface area contributed by atoms with Crippen molar-refractivity contribution in [3.05, 3.63) is 47.8 Å². The topological polar surface area (TPSA) is 80.0 Å². The van der Waals surface area contributed by atoms with Crippen LogP contribution in [0.1, 0.15) is 16.1 Å². The first-order valence-electron chi connectivity index (χ1n) is 6.45. The number of benzene rings is 1. The largest absolute Gasteiger partial charge is 0.478 e. The van der Waals surface area contributed by atoms with Crippen LogP contribution in [0.15, 0.2) is 36.5 Å². The zero-order chi connectivity index (χ0) is 15.0. The maximum absolute atomic E-state index is 11.5. The molecule has 106 valence electrons. The van der Waals surface area contributed by atoms with E-state index in [1.807, 2.05) is 37.3 Å². The highest BCUT2D eigenvalue weighted by atomic mass is 16.4. The van der Waals surface area contributed by atoms with Crippen molar-refractivity contribution in [3.8, 4) is 0 Å². The molecule has 21 heavy (non-hydrogen) atoms. The van der Waals surface area contributed by atoms with Crippen molar-refractivity contribution < 1.29 is 9.90 Å². The van der Waals surface area contributed by atoms with E-state index >= 15 is 0 Å². The molecule has 0 fully saturated rings. The second-order valence-corrected chi connectivity index (χ2v) is 4.75. The maximum atomic E-state index is 11.5. The van der Waals surface area contributed by atoms with Gasteiger partial charge in [-0.2, -0.15) is 5.10 Å². The van der Waals surface area contributed by atoms with E-state index in [1.54, 1.807) is 11.7 Å². The highest BCUT2D eigenvalue weighted by Crippen LogP contribution is 2.31. The van der Waals surface area contributed by atoms with E-state index in [1.165, 1.54) is 6.20 Å². The third-order valence-corrected chi connectivity index (χ3v) is 3.30. The number of aromatic nitrogens is 3. The van der Waals surface area contributed by atoms with Gasteiger partial charge in [-0.1, -0.05) is 18.2 Å². The highest BCUT2D eigenvalue weighted by Gasteiger charge is 2.19. The number of carbonyl (C=O) groups is 1. The molecule has 0 spiro atoms. The first-order valence-corrected chi connectivity index (χ1v) is 6.45. The van der Waals surface area contributed by atoms with Crippen LogP contribution in [0.25, 0.3) is 11.0 Å². The number of fused-ring (bicyclic) bond motifs is 1. The summed E-state index contributed by atoms with van der Waals surface area (Å²) in [4.78, 5) is 15.7. The molecule has 0 aliphatic heterocycles. The van der Waals surface area contributed by atoms with Crippen LogP contribution in [-0.2, 0) is 7.05 Å². The molecule has 0 unspecified atom stereocenters. The monoisotopic (exact) mass is 282 g/mol. The van der Waals surface area contributed by atoms with E-state index in [0.717, 1.165) is 16.8 Å². The summed E-state index contributed by atoms with van der Waals surface area (Å²) in [6.07, 6.45) is 1.36. The molecule has 2 heterocycles. The summed E-state index contributed by atoms with van der Waals surface area (Å²) in [7, 11) is 1.79. The van der Waals surface area contributed by atoms with E-state index in [4.69, 9.17) is 0 Å². The third-order valence-electron chi connectivity index (χ3n) is 3.30. The standard InChI is InChI=1S/C15H14N4O2/c1-9-12-13(17-10-6-4-3-5-7-10)11(15(20)21)8-16-14(12)19(2)18-9/h3-8H,1-2H3,(H,16,17)(H,20,21). The average Bonchev–Trinajstić information content (AvgIpc) is 2.75. The Morgan fingerprint density at radius 1 is 1.29 bits per heavy atom. The SMILES string of the molecule is Cc1nn(C)c2ncc(C(=O)O)c(Nc3ccccc3)c12. The molecule has 0 saturated carbocycles. The Bertz CT molecular complexity index is 825. The summed E-state index contributed by atoms with van der Waals surface area (Å²) in [6, 6.07) is 9.43. The van der Waals surface area contributed by atoms with E-state index < -0.39 is 5.97 Å². The van der Waals surface area contributed by atoms with Crippen LogP contribution >= 0.6 is 0 Å². The lowest BCUT2D eigenvalue weighted by atomic mass is 10.1. The number of nitrogens with one attached hydrogen (secondary N) is 1. The minimum absolute atomic E-state index is 0.127. The molecule has 0 atom stereocenters. The Labute approximate surface area is 121 Å². The van der Waals surface area contributed by atoms with Crippen molar-refractivity contribution >= 4 is 28.4 Å². The number of nitrogens with zero attached hydrogens (tertiary/aromatic N) is 3. The molecular weight excluding hydrogens is 268 g/mol. The van der Waals surface area contributed by atoms with Crippen molar-refractivity contribution in [2.45, 2.75) is 6.92 Å². The van der Waals surface area contributed by atoms with E-state index in [2.05, 4.69) is 15.4 Å². The number of carboxylic acids is 1. The molecule has 3 rings (SSSR count). The molecule has 0 amide bonds. The van der Waals surface area contributed by atoms with Gasteiger partial charge in [0.25, 0.3) is 0 Å². The van der Waals surface area contributed by atoms with Gasteiger partial charge in [0.05, 0.1) is 16.8 Å². The fourth-order valence-corrected chi connectivity index (χ4v) is 2.37. The Balaban J connectivity index is 2.26. The number of hydrogen-bond acceptors (Lipinski definition) is 4. The summed E-state index contributed by atoms with van der Waals surface area (Å²) in [5, 5.41) is 17.6. The smallest absolute Gasteiger partial charge is 0.339 e. The number of carboxylic acid groups (broad SMARTS) is 1. The molecule has 3 aromatic rings. The van der Waals surface area contributed by atoms with Crippen molar-refractivity contribution in [1.29, 1.82) is 0 Å². The number of aromatic carboxylic acids is 1. The summed E-state index contributed by atoms with van der Waals surface area (Å²) in [5.74, 6) is -1.02. The molecule has 6 nitrogen and oxygen atoms in total. The van der Waals surface area contributed by atoms with Gasteiger partial charge in [-0.3, -0.25) is 4.68 Å². The number of pyridine rings is 1. The first kappa shape index (κ1) is 13.1. The lowest BCUT2D eigenvalue weighted by molar-refractivity contribution is 0.0697. The molecule has 2 aromatic heterocycles. The maximum Gasteiger partial charge on any atom is 0.339 e. The van der Waals surface area contributed by atoms with Crippen LogP contribution < -0.4 is 5.32 Å². The molecule has 2 N–H and O–H groups in total. The second-order valence-electron chi connectivity index (χ2n) is 4.75. The fraction of sp³-hybridized carbons (Fsp3) is 0.133. The van der Waals surface area contributed by atoms with Crippen molar-refractivity contribution in [1.82, 2.24) is 14.8 Å². The Morgan fingerprint density at radius 3 is 2.67 bits per heavy atom. The number of para-hydroxylation sites is 1. The van der Waals surface area contributed by atoms with Gasteiger partial charge >= 0.3 is 5.97 Å². The van der Waals surface area contributed by atoms with Gasteiger partial charge in [-0.25, -0.2) is 9.78 Å². The summed E-state index contributed by atoms with van der Waals surface area (Å²) in [5.41, 5.74) is 2.85. The van der Waals surface area contributed by atoms with Crippen molar-refractivity contribution in [3.63, 3.8) is 0 Å². The normalized spacial score (nSPS) is 10.8. The first-order chi connectivity index (χ1) is 10.1. The van der Waals surface area contributed by atoms with Crippen LogP contribution in [0.3, 0.4) is 0 Å². The van der Waals surface area contributed by atoms with E-state index in [-0.39, 0.29) is 5.56 Å². The molecule has 6 heteroatoms. The summed E-state index contributed by atoms with van der Waals surface area (Å²) >= 11 is 0. The highest BCUT2D eigenvalue weighted by molar-refractivity contribution is 6.05. The Kier molecular flexibility index (Phi) is 3.06.